The van der Waals surface area contributed by atoms with Gasteiger partial charge in [0, 0.05) is 17.4 Å². The Balaban J connectivity index is 1.87. The molecule has 0 atom stereocenters. The monoisotopic (exact) mass is 255 g/mol. The molecule has 0 aliphatic rings. The summed E-state index contributed by atoms with van der Waals surface area (Å²) in [4.78, 5) is 4.33. The van der Waals surface area contributed by atoms with Gasteiger partial charge in [-0.15, -0.1) is 0 Å². The molecule has 1 heterocycles. The number of ether oxygens (including phenoxy) is 1. The first-order valence-corrected chi connectivity index (χ1v) is 5.82. The number of anilines is 3. The lowest BCUT2D eigenvalue weighted by molar-refractivity contribution is 0.415. The van der Waals surface area contributed by atoms with E-state index in [4.69, 9.17) is 14.9 Å². The molecule has 3 rings (SSSR count). The van der Waals surface area contributed by atoms with Gasteiger partial charge in [-0.2, -0.15) is 4.98 Å². The summed E-state index contributed by atoms with van der Waals surface area (Å²) < 4.78 is 10.7. The maximum absolute atomic E-state index is 5.70. The van der Waals surface area contributed by atoms with Gasteiger partial charge in [-0.05, 0) is 36.4 Å². The number of oxazole rings is 1. The predicted molar refractivity (Wildman–Crippen MR) is 74.7 cm³/mol. The van der Waals surface area contributed by atoms with E-state index in [1.165, 1.54) is 0 Å². The van der Waals surface area contributed by atoms with E-state index < -0.39 is 0 Å². The zero-order valence-electron chi connectivity index (χ0n) is 10.4. The van der Waals surface area contributed by atoms with E-state index in [1.54, 1.807) is 19.2 Å². The molecule has 0 spiro atoms. The fourth-order valence-corrected chi connectivity index (χ4v) is 1.79. The number of nitrogens with one attached hydrogen (secondary N) is 1. The van der Waals surface area contributed by atoms with Crippen molar-refractivity contribution in [2.45, 2.75) is 0 Å². The molecule has 5 heteroatoms. The third-order valence-electron chi connectivity index (χ3n) is 2.75. The lowest BCUT2D eigenvalue weighted by atomic mass is 10.3. The van der Waals surface area contributed by atoms with Gasteiger partial charge in [-0.25, -0.2) is 0 Å². The molecular weight excluding hydrogens is 242 g/mol. The maximum atomic E-state index is 5.70. The summed E-state index contributed by atoms with van der Waals surface area (Å²) in [6, 6.07) is 13.3. The van der Waals surface area contributed by atoms with Crippen molar-refractivity contribution in [3.05, 3.63) is 42.5 Å². The third kappa shape index (κ3) is 2.30. The molecule has 96 valence electrons. The molecule has 0 bridgehead atoms. The van der Waals surface area contributed by atoms with Crippen LogP contribution in [0.4, 0.5) is 17.4 Å². The normalized spacial score (nSPS) is 10.6. The van der Waals surface area contributed by atoms with Crippen LogP contribution in [0, 0.1) is 0 Å². The quantitative estimate of drug-likeness (QED) is 0.703. The average Bonchev–Trinajstić information content (AvgIpc) is 2.81. The SMILES string of the molecule is COc1ccc(Nc2nc3ccc(N)cc3o2)cc1. The Morgan fingerprint density at radius 1 is 1.16 bits per heavy atom. The van der Waals surface area contributed by atoms with Gasteiger partial charge in [0.25, 0.3) is 6.01 Å². The number of nitrogen functional groups attached to an aromatic ring is 1. The van der Waals surface area contributed by atoms with Crippen LogP contribution in [0.2, 0.25) is 0 Å². The van der Waals surface area contributed by atoms with Crippen molar-refractivity contribution in [2.24, 2.45) is 0 Å². The van der Waals surface area contributed by atoms with Crippen LogP contribution >= 0.6 is 0 Å². The van der Waals surface area contributed by atoms with Crippen LogP contribution < -0.4 is 15.8 Å². The molecule has 3 N–H and O–H groups in total. The maximum Gasteiger partial charge on any atom is 0.300 e. The molecule has 0 fully saturated rings. The van der Waals surface area contributed by atoms with Crippen molar-refractivity contribution in [1.29, 1.82) is 0 Å². The molecule has 0 saturated carbocycles. The summed E-state index contributed by atoms with van der Waals surface area (Å²) >= 11 is 0. The molecule has 0 aliphatic heterocycles. The van der Waals surface area contributed by atoms with Crippen LogP contribution in [0.25, 0.3) is 11.1 Å². The molecule has 3 aromatic rings. The highest BCUT2D eigenvalue weighted by Crippen LogP contribution is 2.24. The number of fused-ring (bicyclic) bond motifs is 1. The minimum absolute atomic E-state index is 0.436. The van der Waals surface area contributed by atoms with E-state index in [-0.39, 0.29) is 0 Å². The van der Waals surface area contributed by atoms with Crippen molar-refractivity contribution in [2.75, 3.05) is 18.2 Å². The number of aromatic nitrogens is 1. The van der Waals surface area contributed by atoms with Crippen LogP contribution in [0.15, 0.2) is 46.9 Å². The van der Waals surface area contributed by atoms with Crippen LogP contribution in [0.1, 0.15) is 0 Å². The average molecular weight is 255 g/mol. The Hall–Kier alpha value is -2.69. The van der Waals surface area contributed by atoms with E-state index in [9.17, 15) is 0 Å². The number of methoxy groups -OCH3 is 1. The summed E-state index contributed by atoms with van der Waals surface area (Å²) in [6.45, 7) is 0. The van der Waals surface area contributed by atoms with E-state index in [0.717, 1.165) is 17.0 Å². The Morgan fingerprint density at radius 2 is 1.95 bits per heavy atom. The first-order valence-electron chi connectivity index (χ1n) is 5.82. The van der Waals surface area contributed by atoms with Crippen LogP contribution in [0.3, 0.4) is 0 Å². The number of hydrogen-bond donors (Lipinski definition) is 2. The summed E-state index contributed by atoms with van der Waals surface area (Å²) in [6.07, 6.45) is 0. The molecule has 19 heavy (non-hydrogen) atoms. The molecule has 0 unspecified atom stereocenters. The fourth-order valence-electron chi connectivity index (χ4n) is 1.79. The summed E-state index contributed by atoms with van der Waals surface area (Å²) in [5.74, 6) is 0.802. The number of nitrogens with zero attached hydrogens (tertiary/aromatic N) is 1. The van der Waals surface area contributed by atoms with Crippen LogP contribution in [-0.2, 0) is 0 Å². The Labute approximate surface area is 110 Å². The van der Waals surface area contributed by atoms with Crippen molar-refractivity contribution < 1.29 is 9.15 Å². The first kappa shape index (κ1) is 11.4. The predicted octanol–water partition coefficient (Wildman–Crippen LogP) is 3.16. The fraction of sp³-hybridized carbons (Fsp3) is 0.0714. The van der Waals surface area contributed by atoms with E-state index >= 15 is 0 Å². The Morgan fingerprint density at radius 3 is 2.68 bits per heavy atom. The van der Waals surface area contributed by atoms with Crippen molar-refractivity contribution >= 4 is 28.5 Å². The van der Waals surface area contributed by atoms with Gasteiger partial charge in [0.1, 0.15) is 11.3 Å². The van der Waals surface area contributed by atoms with Gasteiger partial charge in [0.15, 0.2) is 5.58 Å². The second kappa shape index (κ2) is 4.53. The number of rotatable bonds is 3. The van der Waals surface area contributed by atoms with E-state index in [0.29, 0.717) is 17.3 Å². The summed E-state index contributed by atoms with van der Waals surface area (Å²) in [5.41, 5.74) is 8.66. The van der Waals surface area contributed by atoms with Gasteiger partial charge in [-0.3, -0.25) is 0 Å². The Bertz CT molecular complexity index is 704. The number of nitrogens with two attached hydrogens (primary N) is 1. The van der Waals surface area contributed by atoms with E-state index in [1.807, 2.05) is 30.3 Å². The molecule has 0 aliphatic carbocycles. The van der Waals surface area contributed by atoms with Crippen molar-refractivity contribution in [3.63, 3.8) is 0 Å². The smallest absolute Gasteiger partial charge is 0.300 e. The standard InChI is InChI=1S/C14H13N3O2/c1-18-11-5-3-10(4-6-11)16-14-17-12-7-2-9(15)8-13(12)19-14/h2-8H,15H2,1H3,(H,16,17). The van der Waals surface area contributed by atoms with Crippen LogP contribution in [0.5, 0.6) is 5.75 Å². The van der Waals surface area contributed by atoms with Gasteiger partial charge in [0.05, 0.1) is 7.11 Å². The van der Waals surface area contributed by atoms with Gasteiger partial charge in [0.2, 0.25) is 0 Å². The molecular formula is C14H13N3O2. The van der Waals surface area contributed by atoms with Crippen LogP contribution in [-0.4, -0.2) is 12.1 Å². The molecule has 1 aromatic heterocycles. The number of hydrogen-bond acceptors (Lipinski definition) is 5. The Kier molecular flexibility index (Phi) is 2.72. The van der Waals surface area contributed by atoms with Crippen molar-refractivity contribution in [1.82, 2.24) is 4.98 Å². The topological polar surface area (TPSA) is 73.3 Å². The summed E-state index contributed by atoms with van der Waals surface area (Å²) in [7, 11) is 1.63. The lowest BCUT2D eigenvalue weighted by Crippen LogP contribution is -1.90. The molecule has 0 radical (unpaired) electrons. The van der Waals surface area contributed by atoms with Gasteiger partial charge < -0.3 is 20.2 Å². The van der Waals surface area contributed by atoms with Gasteiger partial charge in [-0.1, -0.05) is 0 Å². The highest BCUT2D eigenvalue weighted by Gasteiger charge is 2.06. The second-order valence-corrected chi connectivity index (χ2v) is 4.10. The van der Waals surface area contributed by atoms with Crippen molar-refractivity contribution in [3.8, 4) is 5.75 Å². The molecule has 2 aromatic carbocycles. The molecule has 0 saturated heterocycles. The largest absolute Gasteiger partial charge is 0.497 e. The lowest BCUT2D eigenvalue weighted by Gasteiger charge is -2.02. The highest BCUT2D eigenvalue weighted by molar-refractivity contribution is 5.78. The number of benzene rings is 2. The zero-order valence-corrected chi connectivity index (χ0v) is 10.4. The highest BCUT2D eigenvalue weighted by atomic mass is 16.5. The molecule has 0 amide bonds. The van der Waals surface area contributed by atoms with Gasteiger partial charge >= 0.3 is 0 Å². The first-order chi connectivity index (χ1) is 9.24. The molecule has 5 nitrogen and oxygen atoms in total. The zero-order chi connectivity index (χ0) is 13.2. The van der Waals surface area contributed by atoms with E-state index in [2.05, 4.69) is 10.3 Å². The second-order valence-electron chi connectivity index (χ2n) is 4.10. The minimum atomic E-state index is 0.436. The third-order valence-corrected chi connectivity index (χ3v) is 2.75. The minimum Gasteiger partial charge on any atom is -0.497 e. The summed E-state index contributed by atoms with van der Waals surface area (Å²) in [5, 5.41) is 3.09.